The van der Waals surface area contributed by atoms with Crippen molar-refractivity contribution in [2.45, 2.75) is 72.5 Å². The van der Waals surface area contributed by atoms with E-state index in [0.717, 1.165) is 0 Å². The fourth-order valence-electron chi connectivity index (χ4n) is 2.78. The molecule has 0 amide bonds. The Morgan fingerprint density at radius 2 is 0.473 bits per heavy atom. The standard InChI is InChI=1S/C20F34O/c21-3(7(25)11(31,32)33)1(5(23)9(27,28)15(41,42)17(45,46)19(49,50)51)13(37,38)55-14(39,40)2(4(22)8(26)12(34,35)36)6(24)10(29,30)16(43,44)18(47,48)20(52,53)54. The summed E-state index contributed by atoms with van der Waals surface area (Å²) < 4.78 is 453. The molecule has 0 spiro atoms. The van der Waals surface area contributed by atoms with Crippen molar-refractivity contribution in [3.05, 3.63) is 46.1 Å². The van der Waals surface area contributed by atoms with Crippen molar-refractivity contribution < 1.29 is 154 Å². The number of ether oxygens (including phenoxy) is 1. The third-order valence-corrected chi connectivity index (χ3v) is 5.44. The largest absolute Gasteiger partial charge is 0.460 e. The SMILES string of the molecule is FC(=C(F)C(F)(F)F)C(=C(F)C(F)(F)C(F)(F)C(F)(F)C(F)(F)F)C(F)(F)OC(F)(F)C(C(F)=C(F)C(F)(F)F)=C(F)C(F)(F)C(F)(F)C(F)(F)C(F)(F)F. The lowest BCUT2D eigenvalue weighted by Gasteiger charge is -2.35. The molecule has 0 N–H and O–H groups in total. The zero-order valence-electron chi connectivity index (χ0n) is 23.3. The fourth-order valence-corrected chi connectivity index (χ4v) is 2.78. The Balaban J connectivity index is 8.80. The predicted octanol–water partition coefficient (Wildman–Crippen LogP) is 13.0. The van der Waals surface area contributed by atoms with E-state index in [1.165, 1.54) is 4.74 Å². The molecule has 0 radical (unpaired) electrons. The van der Waals surface area contributed by atoms with Gasteiger partial charge in [0, 0.05) is 0 Å². The lowest BCUT2D eigenvalue weighted by molar-refractivity contribution is -0.393. The Morgan fingerprint density at radius 1 is 0.273 bits per heavy atom. The second kappa shape index (κ2) is 14.2. The molecule has 35 heteroatoms. The summed E-state index contributed by atoms with van der Waals surface area (Å²) >= 11 is 0. The number of allylic oxidation sites excluding steroid dienone is 4. The maximum absolute atomic E-state index is 14.5. The van der Waals surface area contributed by atoms with Crippen LogP contribution >= 0.6 is 0 Å². The highest BCUT2D eigenvalue weighted by molar-refractivity contribution is 5.42. The summed E-state index contributed by atoms with van der Waals surface area (Å²) in [6.07, 6.45) is -49.1. The number of rotatable bonds is 12. The van der Waals surface area contributed by atoms with E-state index in [4.69, 9.17) is 0 Å². The summed E-state index contributed by atoms with van der Waals surface area (Å²) in [7, 11) is 0. The van der Waals surface area contributed by atoms with Crippen LogP contribution in [-0.2, 0) is 4.74 Å². The molecule has 0 saturated heterocycles. The second-order valence-corrected chi connectivity index (χ2v) is 9.21. The molecule has 0 bridgehead atoms. The fraction of sp³-hybridized carbons (Fsp3) is 0.600. The summed E-state index contributed by atoms with van der Waals surface area (Å²) in [6, 6.07) is 0. The van der Waals surface area contributed by atoms with Gasteiger partial charge in [-0.3, -0.25) is 0 Å². The van der Waals surface area contributed by atoms with Gasteiger partial charge in [0.2, 0.25) is 11.7 Å². The molecule has 0 fully saturated rings. The summed E-state index contributed by atoms with van der Waals surface area (Å²) in [5, 5.41) is 0. The van der Waals surface area contributed by atoms with Crippen LogP contribution in [0.3, 0.4) is 0 Å². The molecule has 0 aromatic carbocycles. The molecule has 0 heterocycles. The van der Waals surface area contributed by atoms with Crippen LogP contribution in [0.5, 0.6) is 0 Å². The van der Waals surface area contributed by atoms with Crippen LogP contribution in [0.25, 0.3) is 0 Å². The van der Waals surface area contributed by atoms with Crippen LogP contribution in [-0.4, -0.2) is 72.5 Å². The zero-order valence-corrected chi connectivity index (χ0v) is 23.3. The number of hydrogen-bond donors (Lipinski definition) is 0. The molecule has 0 aromatic rings. The number of halogens is 34. The van der Waals surface area contributed by atoms with Crippen molar-refractivity contribution >= 4 is 0 Å². The second-order valence-electron chi connectivity index (χ2n) is 9.21. The van der Waals surface area contributed by atoms with E-state index in [1.807, 2.05) is 0 Å². The molecule has 0 rings (SSSR count). The first-order valence-electron chi connectivity index (χ1n) is 11.3. The Kier molecular flexibility index (Phi) is 13.3. The third-order valence-electron chi connectivity index (χ3n) is 5.44. The molecule has 55 heavy (non-hydrogen) atoms. The quantitative estimate of drug-likeness (QED) is 0.140. The highest BCUT2D eigenvalue weighted by atomic mass is 19.4. The highest BCUT2D eigenvalue weighted by Crippen LogP contribution is 2.60. The van der Waals surface area contributed by atoms with Gasteiger partial charge >= 0.3 is 72.5 Å². The first-order chi connectivity index (χ1) is 23.4. The number of alkyl halides is 28. The van der Waals surface area contributed by atoms with Crippen LogP contribution < -0.4 is 0 Å². The van der Waals surface area contributed by atoms with E-state index in [1.54, 1.807) is 0 Å². The predicted molar refractivity (Wildman–Crippen MR) is 99.6 cm³/mol. The van der Waals surface area contributed by atoms with Crippen LogP contribution in [0.1, 0.15) is 0 Å². The van der Waals surface area contributed by atoms with Crippen LogP contribution in [0.2, 0.25) is 0 Å². The minimum atomic E-state index is -8.94. The van der Waals surface area contributed by atoms with Gasteiger partial charge in [-0.05, 0) is 0 Å². The van der Waals surface area contributed by atoms with Crippen molar-refractivity contribution in [1.29, 1.82) is 0 Å². The molecule has 0 unspecified atom stereocenters. The third kappa shape index (κ3) is 8.77. The molecule has 0 atom stereocenters. The molecule has 0 saturated carbocycles. The smallest absolute Gasteiger partial charge is 0.247 e. The summed E-state index contributed by atoms with van der Waals surface area (Å²) in [5.41, 5.74) is -12.0. The number of hydrogen-bond acceptors (Lipinski definition) is 1. The molecule has 0 aromatic heterocycles. The monoisotopic (exact) mass is 902 g/mol. The van der Waals surface area contributed by atoms with Gasteiger partial charge < -0.3 is 0 Å². The van der Waals surface area contributed by atoms with Crippen molar-refractivity contribution in [1.82, 2.24) is 0 Å². The zero-order chi connectivity index (χ0) is 45.3. The van der Waals surface area contributed by atoms with E-state index in [2.05, 4.69) is 0 Å². The van der Waals surface area contributed by atoms with E-state index in [9.17, 15) is 149 Å². The average molecular weight is 902 g/mol. The van der Waals surface area contributed by atoms with E-state index < -0.39 is 119 Å². The van der Waals surface area contributed by atoms with Crippen LogP contribution in [0.4, 0.5) is 149 Å². The lowest BCUT2D eigenvalue weighted by atomic mass is 9.98. The van der Waals surface area contributed by atoms with Crippen LogP contribution in [0.15, 0.2) is 46.1 Å². The minimum absolute atomic E-state index is 1.23. The maximum Gasteiger partial charge on any atom is 0.460 e. The molecule has 0 aliphatic heterocycles. The topological polar surface area (TPSA) is 9.23 Å². The summed E-state index contributed by atoms with van der Waals surface area (Å²) in [6.45, 7) is 0. The van der Waals surface area contributed by atoms with Crippen molar-refractivity contribution in [2.24, 2.45) is 0 Å². The lowest BCUT2D eigenvalue weighted by Crippen LogP contribution is -2.61. The Morgan fingerprint density at radius 3 is 0.636 bits per heavy atom. The minimum Gasteiger partial charge on any atom is -0.247 e. The van der Waals surface area contributed by atoms with Gasteiger partial charge in [0.25, 0.3) is 0 Å². The normalized spacial score (nSPS) is 17.8. The van der Waals surface area contributed by atoms with Crippen LogP contribution in [0, 0.1) is 0 Å². The molecule has 0 aliphatic carbocycles. The van der Waals surface area contributed by atoms with Gasteiger partial charge in [-0.1, -0.05) is 0 Å². The van der Waals surface area contributed by atoms with Gasteiger partial charge in [0.15, 0.2) is 23.3 Å². The van der Waals surface area contributed by atoms with Crippen molar-refractivity contribution in [3.8, 4) is 0 Å². The Labute approximate surface area is 274 Å². The van der Waals surface area contributed by atoms with Gasteiger partial charge in [-0.25, -0.2) is 22.3 Å². The molecule has 324 valence electrons. The average Bonchev–Trinajstić information content (AvgIpc) is 2.92. The summed E-state index contributed by atoms with van der Waals surface area (Å²) in [4.78, 5) is 0. The van der Waals surface area contributed by atoms with E-state index in [0.29, 0.717) is 0 Å². The molecule has 1 nitrogen and oxygen atoms in total. The molecular formula is C20F34O. The van der Waals surface area contributed by atoms with Gasteiger partial charge in [0.1, 0.15) is 11.1 Å². The molecular weight excluding hydrogens is 902 g/mol. The highest BCUT2D eigenvalue weighted by Gasteiger charge is 2.85. The maximum atomic E-state index is 14.5. The Bertz CT molecular complexity index is 1450. The first-order valence-corrected chi connectivity index (χ1v) is 11.3. The van der Waals surface area contributed by atoms with E-state index >= 15 is 0 Å². The Hall–Kier alpha value is -3.46. The van der Waals surface area contributed by atoms with Crippen molar-refractivity contribution in [3.63, 3.8) is 0 Å². The summed E-state index contributed by atoms with van der Waals surface area (Å²) in [5.74, 6) is -87.8. The first kappa shape index (κ1) is 51.5. The molecule has 0 aliphatic rings. The van der Waals surface area contributed by atoms with E-state index in [-0.39, 0.29) is 0 Å². The van der Waals surface area contributed by atoms with Gasteiger partial charge in [-0.15, -0.1) is 0 Å². The van der Waals surface area contributed by atoms with Gasteiger partial charge in [-0.2, -0.15) is 132 Å². The van der Waals surface area contributed by atoms with Gasteiger partial charge in [0.05, 0.1) is 0 Å². The van der Waals surface area contributed by atoms with Crippen molar-refractivity contribution in [2.75, 3.05) is 0 Å².